The van der Waals surface area contributed by atoms with Crippen molar-refractivity contribution in [2.45, 2.75) is 32.9 Å². The standard InChI is InChI=1S/C18H17ClFNO3/c1-10(2)12-6-13(16(22)7-17(12)24-19)18(23)21-8-11-4-3-5-15(20)14(11)9-21/h3-7,10,22H,8-9H2,1-2H3. The molecule has 3 rings (SSSR count). The topological polar surface area (TPSA) is 49.8 Å². The van der Waals surface area contributed by atoms with Gasteiger partial charge in [-0.25, -0.2) is 4.39 Å². The van der Waals surface area contributed by atoms with Gasteiger partial charge in [-0.3, -0.25) is 4.79 Å². The lowest BCUT2D eigenvalue weighted by Gasteiger charge is -2.18. The Labute approximate surface area is 144 Å². The first-order valence-corrected chi connectivity index (χ1v) is 7.94. The quantitative estimate of drug-likeness (QED) is 0.896. The SMILES string of the molecule is CC(C)c1cc(C(=O)N2Cc3cccc(F)c3C2)c(O)cc1OCl. The minimum Gasteiger partial charge on any atom is -0.507 e. The molecule has 2 aromatic carbocycles. The molecule has 0 radical (unpaired) electrons. The molecule has 2 aromatic rings. The van der Waals surface area contributed by atoms with Gasteiger partial charge in [-0.15, -0.1) is 0 Å². The number of aromatic hydroxyl groups is 1. The van der Waals surface area contributed by atoms with Gasteiger partial charge < -0.3 is 14.3 Å². The Kier molecular flexibility index (Phi) is 4.37. The lowest BCUT2D eigenvalue weighted by Crippen LogP contribution is -2.25. The lowest BCUT2D eigenvalue weighted by molar-refractivity contribution is 0.0747. The van der Waals surface area contributed by atoms with Crippen LogP contribution in [0.2, 0.25) is 0 Å². The molecule has 0 atom stereocenters. The summed E-state index contributed by atoms with van der Waals surface area (Å²) in [7, 11) is 0. The fourth-order valence-electron chi connectivity index (χ4n) is 2.97. The fourth-order valence-corrected chi connectivity index (χ4v) is 3.10. The van der Waals surface area contributed by atoms with E-state index in [-0.39, 0.29) is 35.5 Å². The number of hydrogen-bond acceptors (Lipinski definition) is 3. The summed E-state index contributed by atoms with van der Waals surface area (Å²) >= 11 is 5.44. The third-order valence-electron chi connectivity index (χ3n) is 4.28. The van der Waals surface area contributed by atoms with E-state index in [4.69, 9.17) is 16.2 Å². The van der Waals surface area contributed by atoms with Crippen LogP contribution in [0.1, 0.15) is 46.8 Å². The lowest BCUT2D eigenvalue weighted by atomic mass is 9.98. The predicted octanol–water partition coefficient (Wildman–Crippen LogP) is 4.34. The fraction of sp³-hybridized carbons (Fsp3) is 0.278. The van der Waals surface area contributed by atoms with E-state index in [0.29, 0.717) is 23.4 Å². The molecule has 0 saturated heterocycles. The summed E-state index contributed by atoms with van der Waals surface area (Å²) in [5, 5.41) is 10.2. The number of halogens is 2. The number of phenolic OH excluding ortho intramolecular Hbond substituents is 1. The van der Waals surface area contributed by atoms with Gasteiger partial charge >= 0.3 is 0 Å². The number of nitrogens with zero attached hydrogens (tertiary/aromatic N) is 1. The van der Waals surface area contributed by atoms with Gasteiger partial charge in [0.05, 0.1) is 5.56 Å². The van der Waals surface area contributed by atoms with E-state index < -0.39 is 0 Å². The average molecular weight is 350 g/mol. The van der Waals surface area contributed by atoms with E-state index in [0.717, 1.165) is 5.56 Å². The summed E-state index contributed by atoms with van der Waals surface area (Å²) in [5.41, 5.74) is 2.18. The Morgan fingerprint density at radius 3 is 2.71 bits per heavy atom. The second-order valence-electron chi connectivity index (χ2n) is 6.18. The van der Waals surface area contributed by atoms with Crippen LogP contribution < -0.4 is 4.29 Å². The summed E-state index contributed by atoms with van der Waals surface area (Å²) < 4.78 is 18.6. The minimum absolute atomic E-state index is 0.0547. The highest BCUT2D eigenvalue weighted by atomic mass is 35.5. The predicted molar refractivity (Wildman–Crippen MR) is 88.7 cm³/mol. The van der Waals surface area contributed by atoms with Crippen molar-refractivity contribution in [3.63, 3.8) is 0 Å². The van der Waals surface area contributed by atoms with Gasteiger partial charge in [0.15, 0.2) is 5.75 Å². The smallest absolute Gasteiger partial charge is 0.258 e. The Balaban J connectivity index is 1.94. The maximum absolute atomic E-state index is 13.9. The van der Waals surface area contributed by atoms with Crippen LogP contribution in [0.25, 0.3) is 0 Å². The Morgan fingerprint density at radius 2 is 2.08 bits per heavy atom. The molecule has 1 heterocycles. The molecule has 0 fully saturated rings. The molecular weight excluding hydrogens is 333 g/mol. The van der Waals surface area contributed by atoms with Crippen molar-refractivity contribution >= 4 is 17.8 Å². The minimum atomic E-state index is -0.355. The van der Waals surface area contributed by atoms with Crippen molar-refractivity contribution in [3.8, 4) is 11.5 Å². The number of carbonyl (C=O) groups is 1. The highest BCUT2D eigenvalue weighted by Gasteiger charge is 2.28. The van der Waals surface area contributed by atoms with Crippen molar-refractivity contribution in [2.75, 3.05) is 0 Å². The normalized spacial score (nSPS) is 13.3. The summed E-state index contributed by atoms with van der Waals surface area (Å²) in [6.07, 6.45) is 0. The maximum Gasteiger partial charge on any atom is 0.258 e. The van der Waals surface area contributed by atoms with Gasteiger partial charge in [-0.2, -0.15) is 0 Å². The molecule has 1 aliphatic heterocycles. The number of fused-ring (bicyclic) bond motifs is 1. The number of hydrogen-bond donors (Lipinski definition) is 1. The Hall–Kier alpha value is -2.27. The molecule has 0 bridgehead atoms. The molecule has 1 N–H and O–H groups in total. The zero-order valence-corrected chi connectivity index (χ0v) is 14.1. The molecule has 0 aliphatic carbocycles. The van der Waals surface area contributed by atoms with Gasteiger partial charge in [0, 0.05) is 30.3 Å². The molecule has 0 spiro atoms. The van der Waals surface area contributed by atoms with Gasteiger partial charge in [0.2, 0.25) is 0 Å². The zero-order valence-electron chi connectivity index (χ0n) is 13.3. The molecular formula is C18H17ClFNO3. The maximum atomic E-state index is 13.9. The van der Waals surface area contributed by atoms with E-state index in [1.54, 1.807) is 18.2 Å². The van der Waals surface area contributed by atoms with Crippen molar-refractivity contribution in [1.82, 2.24) is 4.90 Å². The van der Waals surface area contributed by atoms with E-state index in [9.17, 15) is 14.3 Å². The molecule has 126 valence electrons. The van der Waals surface area contributed by atoms with Crippen LogP contribution in [0.3, 0.4) is 0 Å². The van der Waals surface area contributed by atoms with Crippen LogP contribution >= 0.6 is 11.9 Å². The molecule has 4 nitrogen and oxygen atoms in total. The Morgan fingerprint density at radius 1 is 1.33 bits per heavy atom. The van der Waals surface area contributed by atoms with Crippen LogP contribution in [0.5, 0.6) is 11.5 Å². The van der Waals surface area contributed by atoms with Gasteiger partial charge in [0.1, 0.15) is 23.4 Å². The number of rotatable bonds is 3. The van der Waals surface area contributed by atoms with E-state index >= 15 is 0 Å². The highest BCUT2D eigenvalue weighted by Crippen LogP contribution is 2.35. The number of carbonyl (C=O) groups excluding carboxylic acids is 1. The monoisotopic (exact) mass is 349 g/mol. The second kappa shape index (κ2) is 6.32. The summed E-state index contributed by atoms with van der Waals surface area (Å²) in [4.78, 5) is 14.3. The zero-order chi connectivity index (χ0) is 17.4. The van der Waals surface area contributed by atoms with Crippen LogP contribution in [-0.4, -0.2) is 15.9 Å². The molecule has 6 heteroatoms. The molecule has 0 unspecified atom stereocenters. The number of amides is 1. The largest absolute Gasteiger partial charge is 0.507 e. The molecule has 24 heavy (non-hydrogen) atoms. The van der Waals surface area contributed by atoms with E-state index in [2.05, 4.69) is 0 Å². The molecule has 0 saturated carbocycles. The molecule has 1 aliphatic rings. The third kappa shape index (κ3) is 2.80. The summed E-state index contributed by atoms with van der Waals surface area (Å²) in [6.45, 7) is 4.36. The molecule has 0 aromatic heterocycles. The Bertz CT molecular complexity index is 807. The van der Waals surface area contributed by atoms with Crippen LogP contribution in [0.15, 0.2) is 30.3 Å². The van der Waals surface area contributed by atoms with Gasteiger partial charge in [-0.1, -0.05) is 26.0 Å². The number of benzene rings is 2. The van der Waals surface area contributed by atoms with Gasteiger partial charge in [-0.05, 0) is 23.6 Å². The van der Waals surface area contributed by atoms with Crippen molar-refractivity contribution < 1.29 is 18.6 Å². The second-order valence-corrected chi connectivity index (χ2v) is 6.33. The summed E-state index contributed by atoms with van der Waals surface area (Å²) in [5.74, 6) is -0.515. The van der Waals surface area contributed by atoms with Gasteiger partial charge in [0.25, 0.3) is 5.91 Å². The van der Waals surface area contributed by atoms with Crippen molar-refractivity contribution in [2.24, 2.45) is 0 Å². The third-order valence-corrected chi connectivity index (χ3v) is 4.44. The van der Waals surface area contributed by atoms with E-state index in [1.165, 1.54) is 17.0 Å². The van der Waals surface area contributed by atoms with Crippen LogP contribution in [0, 0.1) is 5.82 Å². The van der Waals surface area contributed by atoms with E-state index in [1.807, 2.05) is 13.8 Å². The van der Waals surface area contributed by atoms with Crippen LogP contribution in [0.4, 0.5) is 4.39 Å². The summed E-state index contributed by atoms with van der Waals surface area (Å²) in [6, 6.07) is 7.73. The first kappa shape index (κ1) is 16.6. The van der Waals surface area contributed by atoms with Crippen molar-refractivity contribution in [1.29, 1.82) is 0 Å². The first-order chi connectivity index (χ1) is 11.4. The van der Waals surface area contributed by atoms with Crippen LogP contribution in [-0.2, 0) is 13.1 Å². The molecule has 1 amide bonds. The highest BCUT2D eigenvalue weighted by molar-refractivity contribution is 6.09. The van der Waals surface area contributed by atoms with Crippen molar-refractivity contribution in [3.05, 3.63) is 58.4 Å². The number of phenols is 1. The first-order valence-electron chi connectivity index (χ1n) is 7.63. The average Bonchev–Trinajstić information content (AvgIpc) is 2.99.